The fourth-order valence-corrected chi connectivity index (χ4v) is 0.342. The third-order valence-corrected chi connectivity index (χ3v) is 0.610. The first-order valence-corrected chi connectivity index (χ1v) is 3.61. The van der Waals surface area contributed by atoms with Gasteiger partial charge in [0.15, 0.2) is 0 Å². The summed E-state index contributed by atoms with van der Waals surface area (Å²) in [4.78, 5) is 24.2. The Balaban J connectivity index is 3.64. The molecule has 0 unspecified atom stereocenters. The number of oxime groups is 1. The van der Waals surface area contributed by atoms with Crippen molar-refractivity contribution >= 4 is 15.0 Å². The van der Waals surface area contributed by atoms with Crippen molar-refractivity contribution in [3.05, 3.63) is 0 Å². The molecule has 7 nitrogen and oxygen atoms in total. The van der Waals surface area contributed by atoms with Gasteiger partial charge in [0.2, 0.25) is 5.96 Å². The molecule has 0 atom stereocenters. The summed E-state index contributed by atoms with van der Waals surface area (Å²) >= 11 is 0. The number of hydrogen-bond acceptors (Lipinski definition) is 5. The fraction of sp³-hybridized carbons (Fsp3) is 0. The van der Waals surface area contributed by atoms with Crippen molar-refractivity contribution in [2.45, 2.75) is 0 Å². The zero-order valence-corrected chi connectivity index (χ0v) is 5.35. The van der Waals surface area contributed by atoms with Gasteiger partial charge in [0, 0.05) is 0 Å². The van der Waals surface area contributed by atoms with Crippen LogP contribution in [-0.4, -0.2) is 29.4 Å². The van der Waals surface area contributed by atoms with Gasteiger partial charge in [0.05, 0.1) is 0 Å². The standard InChI is InChI=1S/CH7N3O4Si/c2-1(3)4-8-9(5,6)7/h5-7H,(H4,2,3,4). The minimum absolute atomic E-state index is 0.496. The maximum absolute atomic E-state index is 8.08. The molecule has 9 heavy (non-hydrogen) atoms. The van der Waals surface area contributed by atoms with Crippen LogP contribution in [0, 0.1) is 0 Å². The first-order valence-electron chi connectivity index (χ1n) is 1.86. The molecule has 0 rings (SSSR count). The van der Waals surface area contributed by atoms with Gasteiger partial charge >= 0.3 is 9.05 Å². The van der Waals surface area contributed by atoms with Crippen molar-refractivity contribution in [1.82, 2.24) is 0 Å². The highest BCUT2D eigenvalue weighted by Crippen LogP contribution is 1.87. The normalized spacial score (nSPS) is 10.6. The molecule has 0 radical (unpaired) electrons. The monoisotopic (exact) mass is 153 g/mol. The second-order valence-electron chi connectivity index (χ2n) is 1.18. The van der Waals surface area contributed by atoms with E-state index in [1.165, 1.54) is 0 Å². The van der Waals surface area contributed by atoms with Crippen LogP contribution in [0.15, 0.2) is 5.16 Å². The molecule has 0 aliphatic carbocycles. The van der Waals surface area contributed by atoms with Crippen molar-refractivity contribution in [2.75, 3.05) is 0 Å². The Bertz CT molecular complexity index is 113. The van der Waals surface area contributed by atoms with Gasteiger partial charge in [-0.2, -0.15) is 0 Å². The molecule has 0 aliphatic heterocycles. The van der Waals surface area contributed by atoms with Gasteiger partial charge < -0.3 is 30.4 Å². The quantitative estimate of drug-likeness (QED) is 0.121. The van der Waals surface area contributed by atoms with Crippen LogP contribution in [0.2, 0.25) is 0 Å². The van der Waals surface area contributed by atoms with Gasteiger partial charge in [-0.3, -0.25) is 0 Å². The Morgan fingerprint density at radius 3 is 1.89 bits per heavy atom. The summed E-state index contributed by atoms with van der Waals surface area (Å²) in [6.45, 7) is 0. The topological polar surface area (TPSA) is 134 Å². The molecule has 0 spiro atoms. The molecular weight excluding hydrogens is 146 g/mol. The summed E-state index contributed by atoms with van der Waals surface area (Å²) in [5, 5.41) is 2.68. The molecule has 8 heteroatoms. The van der Waals surface area contributed by atoms with Crippen LogP contribution in [0.1, 0.15) is 0 Å². The largest absolute Gasteiger partial charge is 0.762 e. The first kappa shape index (κ1) is 8.17. The molecule has 0 aromatic carbocycles. The van der Waals surface area contributed by atoms with E-state index in [0.717, 1.165) is 0 Å². The van der Waals surface area contributed by atoms with Gasteiger partial charge in [-0.05, 0) is 0 Å². The molecule has 0 amide bonds. The highest BCUT2D eigenvalue weighted by Gasteiger charge is 2.33. The van der Waals surface area contributed by atoms with Gasteiger partial charge in [-0.1, -0.05) is 5.16 Å². The second-order valence-corrected chi connectivity index (χ2v) is 2.51. The SMILES string of the molecule is NC(N)=NO[Si](O)(O)O. The molecule has 0 aromatic rings. The highest BCUT2D eigenvalue weighted by molar-refractivity contribution is 6.48. The summed E-state index contributed by atoms with van der Waals surface area (Å²) in [5.74, 6) is -0.496. The molecule has 0 bridgehead atoms. The minimum Gasteiger partial charge on any atom is -0.369 e. The second kappa shape index (κ2) is 2.64. The Morgan fingerprint density at radius 1 is 1.33 bits per heavy atom. The third kappa shape index (κ3) is 7.17. The number of hydrogen-bond donors (Lipinski definition) is 5. The van der Waals surface area contributed by atoms with Gasteiger partial charge in [0.25, 0.3) is 0 Å². The van der Waals surface area contributed by atoms with Crippen molar-refractivity contribution in [3.63, 3.8) is 0 Å². The fourth-order valence-electron chi connectivity index (χ4n) is 0.114. The smallest absolute Gasteiger partial charge is 0.369 e. The van der Waals surface area contributed by atoms with Crippen LogP contribution in [0.4, 0.5) is 0 Å². The Morgan fingerprint density at radius 2 is 1.78 bits per heavy atom. The number of rotatable bonds is 2. The Labute approximate surface area is 51.6 Å². The lowest BCUT2D eigenvalue weighted by molar-refractivity contribution is 0.0661. The van der Waals surface area contributed by atoms with Crippen molar-refractivity contribution in [1.29, 1.82) is 0 Å². The molecule has 7 N–H and O–H groups in total. The van der Waals surface area contributed by atoms with E-state index in [4.69, 9.17) is 25.9 Å². The molecule has 0 aliphatic rings. The van der Waals surface area contributed by atoms with Crippen LogP contribution in [0.3, 0.4) is 0 Å². The molecular formula is CH7N3O4Si. The van der Waals surface area contributed by atoms with Crippen LogP contribution in [-0.2, 0) is 4.53 Å². The lowest BCUT2D eigenvalue weighted by Crippen LogP contribution is -2.38. The summed E-state index contributed by atoms with van der Waals surface area (Å²) in [7, 11) is -4.57. The molecule has 0 saturated heterocycles. The summed E-state index contributed by atoms with van der Waals surface area (Å²) < 4.78 is 3.63. The van der Waals surface area contributed by atoms with E-state index in [1.807, 2.05) is 0 Å². The third-order valence-electron chi connectivity index (χ3n) is 0.274. The summed E-state index contributed by atoms with van der Waals surface area (Å²) in [6.07, 6.45) is 0. The van der Waals surface area contributed by atoms with Crippen LogP contribution < -0.4 is 11.5 Å². The average molecular weight is 153 g/mol. The van der Waals surface area contributed by atoms with Crippen molar-refractivity contribution in [3.8, 4) is 0 Å². The predicted molar refractivity (Wildman–Crippen MR) is 29.3 cm³/mol. The first-order chi connectivity index (χ1) is 3.92. The Hall–Kier alpha value is -0.833. The zero-order valence-electron chi connectivity index (χ0n) is 4.35. The van der Waals surface area contributed by atoms with E-state index < -0.39 is 15.0 Å². The lowest BCUT2D eigenvalue weighted by atomic mass is 11.1. The van der Waals surface area contributed by atoms with E-state index in [2.05, 4.69) is 9.68 Å². The van der Waals surface area contributed by atoms with Crippen molar-refractivity contribution < 1.29 is 18.9 Å². The van der Waals surface area contributed by atoms with Crippen LogP contribution in [0.5, 0.6) is 0 Å². The van der Waals surface area contributed by atoms with Crippen LogP contribution in [0.25, 0.3) is 0 Å². The highest BCUT2D eigenvalue weighted by atomic mass is 28.4. The van der Waals surface area contributed by atoms with E-state index in [-0.39, 0.29) is 0 Å². The summed E-state index contributed by atoms with van der Waals surface area (Å²) in [5.41, 5.74) is 9.38. The molecule has 0 heterocycles. The van der Waals surface area contributed by atoms with E-state index >= 15 is 0 Å². The zero-order chi connectivity index (χ0) is 7.49. The maximum Gasteiger partial charge on any atom is 0.762 e. The van der Waals surface area contributed by atoms with E-state index in [1.54, 1.807) is 0 Å². The molecule has 0 fully saturated rings. The predicted octanol–water partition coefficient (Wildman–Crippen LogP) is -3.40. The number of nitrogens with two attached hydrogens (primary N) is 2. The molecule has 0 saturated carbocycles. The lowest BCUT2D eigenvalue weighted by Gasteiger charge is -2.03. The van der Waals surface area contributed by atoms with Gasteiger partial charge in [-0.15, -0.1) is 0 Å². The number of guanidine groups is 1. The molecule has 0 aromatic heterocycles. The number of nitrogens with zero attached hydrogens (tertiary/aromatic N) is 1. The maximum atomic E-state index is 8.08. The van der Waals surface area contributed by atoms with Gasteiger partial charge in [-0.25, -0.2) is 0 Å². The van der Waals surface area contributed by atoms with Crippen LogP contribution >= 0.6 is 0 Å². The molecule has 54 valence electrons. The van der Waals surface area contributed by atoms with E-state index in [9.17, 15) is 0 Å². The van der Waals surface area contributed by atoms with Crippen molar-refractivity contribution in [2.24, 2.45) is 16.6 Å². The Kier molecular flexibility index (Phi) is 2.39. The minimum atomic E-state index is -4.57. The van der Waals surface area contributed by atoms with E-state index in [0.29, 0.717) is 0 Å². The average Bonchev–Trinajstić information content (AvgIpc) is 1.59. The van der Waals surface area contributed by atoms with Gasteiger partial charge in [0.1, 0.15) is 0 Å². The summed E-state index contributed by atoms with van der Waals surface area (Å²) in [6, 6.07) is 0.